The topological polar surface area (TPSA) is 20.2 Å². The summed E-state index contributed by atoms with van der Waals surface area (Å²) >= 11 is 0. The summed E-state index contributed by atoms with van der Waals surface area (Å²) in [5.74, 6) is -2.70. The van der Waals surface area contributed by atoms with Crippen LogP contribution in [0, 0.1) is 11.3 Å². The molecule has 0 aromatic carbocycles. The van der Waals surface area contributed by atoms with Crippen molar-refractivity contribution in [3.05, 3.63) is 12.7 Å². The van der Waals surface area contributed by atoms with Gasteiger partial charge in [-0.1, -0.05) is 34.3 Å². The van der Waals surface area contributed by atoms with Gasteiger partial charge >= 0.3 is 0 Å². The van der Waals surface area contributed by atoms with Crippen molar-refractivity contribution >= 4 is 0 Å². The predicted octanol–water partition coefficient (Wildman–Crippen LogP) is 2.51. The quantitative estimate of drug-likeness (QED) is 0.615. The van der Waals surface area contributed by atoms with E-state index in [0.717, 1.165) is 6.08 Å². The molecule has 0 aromatic heterocycles. The van der Waals surface area contributed by atoms with E-state index in [9.17, 15) is 4.39 Å². The summed E-state index contributed by atoms with van der Waals surface area (Å²) in [6.07, 6.45) is 0.947. The summed E-state index contributed by atoms with van der Waals surface area (Å²) in [6.45, 7) is 10.6. The lowest BCUT2D eigenvalue weighted by Crippen LogP contribution is -2.37. The molecule has 0 heterocycles. The van der Waals surface area contributed by atoms with Gasteiger partial charge in [-0.2, -0.15) is 0 Å². The lowest BCUT2D eigenvalue weighted by Gasteiger charge is -2.33. The van der Waals surface area contributed by atoms with E-state index in [0.29, 0.717) is 0 Å². The molecule has 0 saturated heterocycles. The van der Waals surface area contributed by atoms with Crippen molar-refractivity contribution in [3.63, 3.8) is 0 Å². The first kappa shape index (κ1) is 10.6. The third-order valence-corrected chi connectivity index (χ3v) is 2.19. The van der Waals surface area contributed by atoms with Crippen LogP contribution < -0.4 is 0 Å². The Kier molecular flexibility index (Phi) is 2.84. The molecule has 1 nitrogen and oxygen atoms in total. The third kappa shape index (κ3) is 2.62. The van der Waals surface area contributed by atoms with Gasteiger partial charge in [-0.15, -0.1) is 0 Å². The van der Waals surface area contributed by atoms with Crippen LogP contribution in [-0.2, 0) is 0 Å². The summed E-state index contributed by atoms with van der Waals surface area (Å²) in [5, 5.41) is 9.14. The number of alkyl halides is 1. The predicted molar refractivity (Wildman–Crippen MR) is 44.9 cm³/mol. The Morgan fingerprint density at radius 1 is 1.45 bits per heavy atom. The summed E-state index contributed by atoms with van der Waals surface area (Å²) in [6, 6.07) is 0. The van der Waals surface area contributed by atoms with Gasteiger partial charge in [0.1, 0.15) is 0 Å². The average Bonchev–Trinajstić information content (AvgIpc) is 1.84. The number of rotatable bonds is 2. The second kappa shape index (κ2) is 2.94. The van der Waals surface area contributed by atoms with Gasteiger partial charge in [0.05, 0.1) is 0 Å². The highest BCUT2D eigenvalue weighted by Gasteiger charge is 2.37. The second-order valence-corrected chi connectivity index (χ2v) is 4.02. The van der Waals surface area contributed by atoms with E-state index in [2.05, 4.69) is 6.58 Å². The van der Waals surface area contributed by atoms with Gasteiger partial charge in [0, 0.05) is 5.92 Å². The van der Waals surface area contributed by atoms with E-state index < -0.39 is 11.8 Å². The highest BCUT2D eigenvalue weighted by Crippen LogP contribution is 2.35. The smallest absolute Gasteiger partial charge is 0.228 e. The van der Waals surface area contributed by atoms with Gasteiger partial charge in [0.2, 0.25) is 5.85 Å². The largest absolute Gasteiger partial charge is 0.358 e. The average molecular weight is 160 g/mol. The Morgan fingerprint density at radius 3 is 1.91 bits per heavy atom. The Bertz CT molecular complexity index is 144. The molecule has 0 bridgehead atoms. The van der Waals surface area contributed by atoms with Crippen molar-refractivity contribution in [2.75, 3.05) is 0 Å². The lowest BCUT2D eigenvalue weighted by molar-refractivity contribution is -0.116. The monoisotopic (exact) mass is 160 g/mol. The van der Waals surface area contributed by atoms with E-state index in [1.807, 2.05) is 20.8 Å². The van der Waals surface area contributed by atoms with Crippen LogP contribution in [-0.4, -0.2) is 11.0 Å². The van der Waals surface area contributed by atoms with Crippen LogP contribution in [0.1, 0.15) is 27.7 Å². The van der Waals surface area contributed by atoms with Crippen molar-refractivity contribution in [3.8, 4) is 0 Å². The first-order chi connectivity index (χ1) is 4.72. The van der Waals surface area contributed by atoms with Gasteiger partial charge in [0.25, 0.3) is 0 Å². The molecule has 0 aliphatic carbocycles. The minimum absolute atomic E-state index is 0.252. The summed E-state index contributed by atoms with van der Waals surface area (Å²) < 4.78 is 13.1. The van der Waals surface area contributed by atoms with Gasteiger partial charge in [0.15, 0.2) is 0 Å². The maximum Gasteiger partial charge on any atom is 0.228 e. The van der Waals surface area contributed by atoms with Crippen molar-refractivity contribution in [2.24, 2.45) is 11.3 Å². The van der Waals surface area contributed by atoms with E-state index in [1.165, 1.54) is 0 Å². The zero-order chi connectivity index (χ0) is 9.28. The first-order valence-electron chi connectivity index (χ1n) is 3.76. The van der Waals surface area contributed by atoms with Crippen LogP contribution in [0.2, 0.25) is 0 Å². The molecule has 11 heavy (non-hydrogen) atoms. The number of hydrogen-bond acceptors (Lipinski definition) is 1. The van der Waals surface area contributed by atoms with Crippen molar-refractivity contribution in [1.82, 2.24) is 0 Å². The molecule has 2 atom stereocenters. The van der Waals surface area contributed by atoms with Crippen LogP contribution in [0.15, 0.2) is 12.7 Å². The van der Waals surface area contributed by atoms with Crippen LogP contribution in [0.25, 0.3) is 0 Å². The lowest BCUT2D eigenvalue weighted by atomic mass is 9.77. The molecule has 0 aliphatic heterocycles. The van der Waals surface area contributed by atoms with Gasteiger partial charge in [-0.25, -0.2) is 4.39 Å². The van der Waals surface area contributed by atoms with Gasteiger partial charge < -0.3 is 5.11 Å². The van der Waals surface area contributed by atoms with Crippen molar-refractivity contribution in [2.45, 2.75) is 33.5 Å². The minimum Gasteiger partial charge on any atom is -0.358 e. The van der Waals surface area contributed by atoms with Crippen molar-refractivity contribution < 1.29 is 9.50 Å². The number of halogens is 1. The Labute approximate surface area is 67.9 Å². The molecule has 66 valence electrons. The van der Waals surface area contributed by atoms with Crippen LogP contribution >= 0.6 is 0 Å². The normalized spacial score (nSPS) is 20.5. The van der Waals surface area contributed by atoms with Crippen LogP contribution in [0.3, 0.4) is 0 Å². The fraction of sp³-hybridized carbons (Fsp3) is 0.778. The molecule has 0 radical (unpaired) electrons. The Morgan fingerprint density at radius 2 is 1.82 bits per heavy atom. The maximum absolute atomic E-state index is 13.1. The Balaban J connectivity index is 4.48. The standard InChI is InChI=1S/C9H17FO/c1-6-9(10,11)7(2)8(3,4)5/h6-7,11H,1H2,2-5H3/t7-,9+/m0/s1. The summed E-state index contributed by atoms with van der Waals surface area (Å²) in [5.41, 5.74) is -0.252. The molecule has 0 rings (SSSR count). The minimum atomic E-state index is -2.25. The molecule has 1 N–H and O–H groups in total. The molecule has 2 heteroatoms. The molecule has 0 aliphatic rings. The molecule has 0 amide bonds. The van der Waals surface area contributed by atoms with Crippen molar-refractivity contribution in [1.29, 1.82) is 0 Å². The maximum atomic E-state index is 13.1. The fourth-order valence-corrected chi connectivity index (χ4v) is 0.784. The SMILES string of the molecule is C=C[C@](O)(F)[C@@H](C)C(C)(C)C. The second-order valence-electron chi connectivity index (χ2n) is 4.02. The van der Waals surface area contributed by atoms with E-state index in [1.54, 1.807) is 6.92 Å². The van der Waals surface area contributed by atoms with Crippen LogP contribution in [0.5, 0.6) is 0 Å². The van der Waals surface area contributed by atoms with Gasteiger partial charge in [-0.05, 0) is 11.5 Å². The number of aliphatic hydroxyl groups is 1. The van der Waals surface area contributed by atoms with Crippen LogP contribution in [0.4, 0.5) is 4.39 Å². The summed E-state index contributed by atoms with van der Waals surface area (Å²) in [4.78, 5) is 0. The molecule has 0 aromatic rings. The zero-order valence-corrected chi connectivity index (χ0v) is 7.69. The zero-order valence-electron chi connectivity index (χ0n) is 7.69. The van der Waals surface area contributed by atoms with E-state index in [4.69, 9.17) is 5.11 Å². The van der Waals surface area contributed by atoms with E-state index >= 15 is 0 Å². The first-order valence-corrected chi connectivity index (χ1v) is 3.76. The molecular formula is C9H17FO. The highest BCUT2D eigenvalue weighted by molar-refractivity contribution is 4.94. The fourth-order valence-electron chi connectivity index (χ4n) is 0.784. The molecule has 0 saturated carbocycles. The Hall–Kier alpha value is -0.370. The molecule has 0 fully saturated rings. The molecule has 0 unspecified atom stereocenters. The third-order valence-electron chi connectivity index (χ3n) is 2.19. The highest BCUT2D eigenvalue weighted by atomic mass is 19.2. The summed E-state index contributed by atoms with van der Waals surface area (Å²) in [7, 11) is 0. The molecular weight excluding hydrogens is 143 g/mol. The number of hydrogen-bond donors (Lipinski definition) is 1. The molecule has 0 spiro atoms. The van der Waals surface area contributed by atoms with E-state index in [-0.39, 0.29) is 5.41 Å². The van der Waals surface area contributed by atoms with Gasteiger partial charge in [-0.3, -0.25) is 0 Å².